The minimum Gasteiger partial charge on any atom is -0.352 e. The number of amides is 2. The van der Waals surface area contributed by atoms with E-state index in [4.69, 9.17) is 11.6 Å². The SMILES string of the molecule is Cc1ccccc1NC(=O)c1cncc(C(=O)NCCc2ccc(Cl)cc2)c1. The molecule has 2 N–H and O–H groups in total. The van der Waals surface area contributed by atoms with Gasteiger partial charge >= 0.3 is 0 Å². The Kier molecular flexibility index (Phi) is 6.40. The standard InChI is InChI=1S/C22H20ClN3O2/c1-15-4-2-3-5-20(15)26-22(28)18-12-17(13-24-14-18)21(27)25-11-10-16-6-8-19(23)9-7-16/h2-9,12-14H,10-11H2,1H3,(H,25,27)(H,26,28). The molecule has 1 heterocycles. The van der Waals surface area contributed by atoms with E-state index in [-0.39, 0.29) is 11.8 Å². The quantitative estimate of drug-likeness (QED) is 0.657. The highest BCUT2D eigenvalue weighted by atomic mass is 35.5. The summed E-state index contributed by atoms with van der Waals surface area (Å²) in [4.78, 5) is 28.9. The highest BCUT2D eigenvalue weighted by Gasteiger charge is 2.12. The van der Waals surface area contributed by atoms with Crippen LogP contribution in [-0.2, 0) is 6.42 Å². The molecule has 0 fully saturated rings. The summed E-state index contributed by atoms with van der Waals surface area (Å²) in [6.45, 7) is 2.39. The van der Waals surface area contributed by atoms with E-state index >= 15 is 0 Å². The summed E-state index contributed by atoms with van der Waals surface area (Å²) in [5.41, 5.74) is 3.43. The molecule has 0 spiro atoms. The summed E-state index contributed by atoms with van der Waals surface area (Å²) >= 11 is 5.87. The van der Waals surface area contributed by atoms with E-state index < -0.39 is 0 Å². The lowest BCUT2D eigenvalue weighted by atomic mass is 10.1. The molecule has 6 heteroatoms. The molecule has 0 saturated carbocycles. The minimum atomic E-state index is -0.308. The van der Waals surface area contributed by atoms with Crippen molar-refractivity contribution in [3.63, 3.8) is 0 Å². The normalized spacial score (nSPS) is 10.4. The molecule has 5 nitrogen and oxygen atoms in total. The molecule has 0 aliphatic heterocycles. The number of hydrogen-bond donors (Lipinski definition) is 2. The first kappa shape index (κ1) is 19.6. The Labute approximate surface area is 168 Å². The van der Waals surface area contributed by atoms with Crippen LogP contribution in [0.5, 0.6) is 0 Å². The van der Waals surface area contributed by atoms with Crippen molar-refractivity contribution in [2.24, 2.45) is 0 Å². The third kappa shape index (κ3) is 5.18. The van der Waals surface area contributed by atoms with Gasteiger partial charge in [0, 0.05) is 29.6 Å². The fraction of sp³-hybridized carbons (Fsp3) is 0.136. The summed E-state index contributed by atoms with van der Waals surface area (Å²) in [5, 5.41) is 6.36. The van der Waals surface area contributed by atoms with Crippen LogP contribution in [-0.4, -0.2) is 23.3 Å². The molecule has 0 atom stereocenters. The minimum absolute atomic E-state index is 0.271. The van der Waals surface area contributed by atoms with Crippen LogP contribution in [0.3, 0.4) is 0 Å². The zero-order valence-corrected chi connectivity index (χ0v) is 16.2. The molecule has 3 aromatic rings. The van der Waals surface area contributed by atoms with Crippen LogP contribution in [0, 0.1) is 6.92 Å². The Morgan fingerprint density at radius 3 is 2.36 bits per heavy atom. The Morgan fingerprint density at radius 2 is 1.64 bits per heavy atom. The van der Waals surface area contributed by atoms with Crippen LogP contribution < -0.4 is 10.6 Å². The molecule has 142 valence electrons. The molecule has 3 rings (SSSR count). The van der Waals surface area contributed by atoms with Gasteiger partial charge in [0.2, 0.25) is 0 Å². The topological polar surface area (TPSA) is 71.1 Å². The maximum atomic E-state index is 12.5. The summed E-state index contributed by atoms with van der Waals surface area (Å²) < 4.78 is 0. The number of nitrogens with one attached hydrogen (secondary N) is 2. The predicted molar refractivity (Wildman–Crippen MR) is 111 cm³/mol. The second-order valence-corrected chi connectivity index (χ2v) is 6.80. The molecule has 0 bridgehead atoms. The lowest BCUT2D eigenvalue weighted by molar-refractivity contribution is 0.0953. The Hall–Kier alpha value is -3.18. The second kappa shape index (κ2) is 9.15. The molecule has 28 heavy (non-hydrogen) atoms. The van der Waals surface area contributed by atoms with E-state index in [9.17, 15) is 9.59 Å². The van der Waals surface area contributed by atoms with Crippen molar-refractivity contribution >= 4 is 29.1 Å². The lowest BCUT2D eigenvalue weighted by Gasteiger charge is -2.09. The lowest BCUT2D eigenvalue weighted by Crippen LogP contribution is -2.26. The Balaban J connectivity index is 1.60. The highest BCUT2D eigenvalue weighted by molar-refractivity contribution is 6.30. The van der Waals surface area contributed by atoms with Gasteiger partial charge in [-0.15, -0.1) is 0 Å². The Bertz CT molecular complexity index is 987. The largest absolute Gasteiger partial charge is 0.352 e. The third-order valence-corrected chi connectivity index (χ3v) is 4.52. The summed E-state index contributed by atoms with van der Waals surface area (Å²) in [6.07, 6.45) is 3.57. The zero-order valence-electron chi connectivity index (χ0n) is 15.4. The van der Waals surface area contributed by atoms with Crippen molar-refractivity contribution in [3.8, 4) is 0 Å². The van der Waals surface area contributed by atoms with E-state index in [1.54, 1.807) is 0 Å². The second-order valence-electron chi connectivity index (χ2n) is 6.36. The first-order valence-electron chi connectivity index (χ1n) is 8.87. The van der Waals surface area contributed by atoms with Gasteiger partial charge in [-0.05, 0) is 48.7 Å². The van der Waals surface area contributed by atoms with Crippen molar-refractivity contribution in [1.82, 2.24) is 10.3 Å². The van der Waals surface area contributed by atoms with Crippen LogP contribution in [0.4, 0.5) is 5.69 Å². The number of benzene rings is 2. The smallest absolute Gasteiger partial charge is 0.257 e. The summed E-state index contributed by atoms with van der Waals surface area (Å²) in [7, 11) is 0. The van der Waals surface area contributed by atoms with Crippen LogP contribution in [0.2, 0.25) is 5.02 Å². The molecule has 2 amide bonds. The van der Waals surface area contributed by atoms with Crippen molar-refractivity contribution in [2.75, 3.05) is 11.9 Å². The maximum absolute atomic E-state index is 12.5. The monoisotopic (exact) mass is 393 g/mol. The Morgan fingerprint density at radius 1 is 0.964 bits per heavy atom. The average Bonchev–Trinajstić information content (AvgIpc) is 2.71. The number of pyridine rings is 1. The van der Waals surface area contributed by atoms with Gasteiger partial charge in [-0.25, -0.2) is 0 Å². The van der Waals surface area contributed by atoms with Gasteiger partial charge in [0.1, 0.15) is 0 Å². The number of rotatable bonds is 6. The van der Waals surface area contributed by atoms with Crippen LogP contribution in [0.1, 0.15) is 31.8 Å². The zero-order chi connectivity index (χ0) is 19.9. The number of anilines is 1. The molecule has 0 saturated heterocycles. The van der Waals surface area contributed by atoms with Gasteiger partial charge in [-0.3, -0.25) is 14.6 Å². The number of aryl methyl sites for hydroxylation is 1. The van der Waals surface area contributed by atoms with Crippen molar-refractivity contribution in [1.29, 1.82) is 0 Å². The number of halogens is 1. The van der Waals surface area contributed by atoms with Gasteiger partial charge in [0.05, 0.1) is 11.1 Å². The average molecular weight is 394 g/mol. The van der Waals surface area contributed by atoms with E-state index in [0.29, 0.717) is 29.1 Å². The molecule has 1 aromatic heterocycles. The molecular formula is C22H20ClN3O2. The molecule has 2 aromatic carbocycles. The molecule has 0 aliphatic rings. The van der Waals surface area contributed by atoms with Gasteiger partial charge in [0.25, 0.3) is 11.8 Å². The van der Waals surface area contributed by atoms with Gasteiger partial charge in [0.15, 0.2) is 0 Å². The number of carbonyl (C=O) groups is 2. The summed E-state index contributed by atoms with van der Waals surface area (Å²) in [6, 6.07) is 16.5. The van der Waals surface area contributed by atoms with E-state index in [1.807, 2.05) is 55.5 Å². The molecule has 0 aliphatic carbocycles. The van der Waals surface area contributed by atoms with Crippen molar-refractivity contribution in [2.45, 2.75) is 13.3 Å². The maximum Gasteiger partial charge on any atom is 0.257 e. The summed E-state index contributed by atoms with van der Waals surface area (Å²) in [5.74, 6) is -0.579. The molecule has 0 unspecified atom stereocenters. The number of nitrogens with zero attached hydrogens (tertiary/aromatic N) is 1. The van der Waals surface area contributed by atoms with Gasteiger partial charge in [-0.2, -0.15) is 0 Å². The fourth-order valence-electron chi connectivity index (χ4n) is 2.67. The number of aromatic nitrogens is 1. The first-order valence-corrected chi connectivity index (χ1v) is 9.25. The number of carbonyl (C=O) groups excluding carboxylic acids is 2. The van der Waals surface area contributed by atoms with Crippen LogP contribution >= 0.6 is 11.6 Å². The van der Waals surface area contributed by atoms with Crippen molar-refractivity contribution in [3.05, 3.63) is 94.3 Å². The highest BCUT2D eigenvalue weighted by Crippen LogP contribution is 2.15. The third-order valence-electron chi connectivity index (χ3n) is 4.27. The fourth-order valence-corrected chi connectivity index (χ4v) is 2.80. The van der Waals surface area contributed by atoms with E-state index in [0.717, 1.165) is 16.8 Å². The van der Waals surface area contributed by atoms with Crippen LogP contribution in [0.15, 0.2) is 67.0 Å². The van der Waals surface area contributed by atoms with Crippen LogP contribution in [0.25, 0.3) is 0 Å². The van der Waals surface area contributed by atoms with Crippen molar-refractivity contribution < 1.29 is 9.59 Å². The van der Waals surface area contributed by atoms with Gasteiger partial charge < -0.3 is 10.6 Å². The predicted octanol–water partition coefficient (Wildman–Crippen LogP) is 4.27. The number of para-hydroxylation sites is 1. The van der Waals surface area contributed by atoms with E-state index in [2.05, 4.69) is 15.6 Å². The van der Waals surface area contributed by atoms with E-state index in [1.165, 1.54) is 18.5 Å². The molecule has 0 radical (unpaired) electrons. The molecular weight excluding hydrogens is 374 g/mol. The van der Waals surface area contributed by atoms with Gasteiger partial charge in [-0.1, -0.05) is 41.9 Å². The number of hydrogen-bond acceptors (Lipinski definition) is 3. The first-order chi connectivity index (χ1) is 13.5.